The molecule has 5 nitrogen and oxygen atoms in total. The van der Waals surface area contributed by atoms with E-state index in [4.69, 9.17) is 0 Å². The van der Waals surface area contributed by atoms with Crippen molar-refractivity contribution in [1.29, 1.82) is 0 Å². The molecular formula is C17H13F2N3O2S. The Bertz CT molecular complexity index is 839. The molecule has 25 heavy (non-hydrogen) atoms. The predicted octanol–water partition coefficient (Wildman–Crippen LogP) is 3.84. The van der Waals surface area contributed by atoms with E-state index in [1.54, 1.807) is 11.0 Å². The number of benzene rings is 2. The van der Waals surface area contributed by atoms with Crippen LogP contribution in [0.1, 0.15) is 10.4 Å². The molecule has 0 saturated carbocycles. The highest BCUT2D eigenvalue weighted by Crippen LogP contribution is 2.19. The molecule has 0 unspecified atom stereocenters. The van der Waals surface area contributed by atoms with E-state index in [-0.39, 0.29) is 17.3 Å². The molecular weight excluding hydrogens is 348 g/mol. The molecule has 0 N–H and O–H groups in total. The molecule has 1 heterocycles. The predicted molar refractivity (Wildman–Crippen MR) is 89.5 cm³/mol. The molecule has 3 aromatic rings. The number of para-hydroxylation sites is 1. The fourth-order valence-corrected chi connectivity index (χ4v) is 2.75. The number of Topliss-reactive ketones (excluding diaryl/α,β-unsaturated/α-hetero) is 1. The summed E-state index contributed by atoms with van der Waals surface area (Å²) in [6, 6.07) is 15.1. The molecule has 0 bridgehead atoms. The van der Waals surface area contributed by atoms with Crippen LogP contribution in [0.5, 0.6) is 5.75 Å². The first-order valence-electron chi connectivity index (χ1n) is 7.30. The Morgan fingerprint density at radius 2 is 1.84 bits per heavy atom. The quantitative estimate of drug-likeness (QED) is 0.473. The molecule has 8 heteroatoms. The first-order valence-corrected chi connectivity index (χ1v) is 8.28. The summed E-state index contributed by atoms with van der Waals surface area (Å²) in [5.41, 5.74) is 1.29. The van der Waals surface area contributed by atoms with Crippen LogP contribution in [0.3, 0.4) is 0 Å². The van der Waals surface area contributed by atoms with E-state index < -0.39 is 6.61 Å². The third kappa shape index (κ3) is 4.63. The average Bonchev–Trinajstić information content (AvgIpc) is 3.10. The summed E-state index contributed by atoms with van der Waals surface area (Å²) in [4.78, 5) is 16.3. The Hall–Kier alpha value is -2.74. The smallest absolute Gasteiger partial charge is 0.387 e. The Balaban J connectivity index is 1.58. The Kier molecular flexibility index (Phi) is 5.39. The van der Waals surface area contributed by atoms with Crippen LogP contribution >= 0.6 is 11.8 Å². The van der Waals surface area contributed by atoms with Crippen molar-refractivity contribution in [1.82, 2.24) is 14.8 Å². The number of carbonyl (C=O) groups is 1. The standard InChI is InChI=1S/C17H13F2N3O2S/c18-16(19)24-14-8-6-12(7-9-14)15(23)10-25-17-20-11-22(21-17)13-4-2-1-3-5-13/h1-9,11,16H,10H2. The molecule has 1 aromatic heterocycles. The zero-order valence-corrected chi connectivity index (χ0v) is 13.7. The van der Waals surface area contributed by atoms with Crippen molar-refractivity contribution >= 4 is 17.5 Å². The molecule has 2 aromatic carbocycles. The molecule has 0 spiro atoms. The zero-order valence-electron chi connectivity index (χ0n) is 12.9. The lowest BCUT2D eigenvalue weighted by atomic mass is 10.1. The summed E-state index contributed by atoms with van der Waals surface area (Å²) >= 11 is 1.21. The molecule has 0 fully saturated rings. The maximum Gasteiger partial charge on any atom is 0.387 e. The third-order valence-corrected chi connectivity index (χ3v) is 4.08. The monoisotopic (exact) mass is 361 g/mol. The van der Waals surface area contributed by atoms with Gasteiger partial charge in [-0.1, -0.05) is 30.0 Å². The minimum absolute atomic E-state index is 0.0162. The second kappa shape index (κ2) is 7.89. The van der Waals surface area contributed by atoms with Crippen LogP contribution in [-0.4, -0.2) is 32.9 Å². The van der Waals surface area contributed by atoms with Crippen molar-refractivity contribution in [2.45, 2.75) is 11.8 Å². The Morgan fingerprint density at radius 1 is 1.12 bits per heavy atom. The number of hydrogen-bond donors (Lipinski definition) is 0. The number of aromatic nitrogens is 3. The first kappa shape index (κ1) is 17.1. The van der Waals surface area contributed by atoms with Gasteiger partial charge in [0.1, 0.15) is 12.1 Å². The molecule has 0 aliphatic rings. The van der Waals surface area contributed by atoms with Crippen molar-refractivity contribution < 1.29 is 18.3 Å². The van der Waals surface area contributed by atoms with Gasteiger partial charge in [0.05, 0.1) is 11.4 Å². The fourth-order valence-electron chi connectivity index (χ4n) is 2.05. The van der Waals surface area contributed by atoms with Crippen molar-refractivity contribution in [3.8, 4) is 11.4 Å². The number of hydrogen-bond acceptors (Lipinski definition) is 5. The highest BCUT2D eigenvalue weighted by molar-refractivity contribution is 7.99. The van der Waals surface area contributed by atoms with Crippen LogP contribution < -0.4 is 4.74 Å². The van der Waals surface area contributed by atoms with Crippen LogP contribution in [-0.2, 0) is 0 Å². The van der Waals surface area contributed by atoms with Crippen LogP contribution in [0.25, 0.3) is 5.69 Å². The van der Waals surface area contributed by atoms with Crippen molar-refractivity contribution in [3.05, 3.63) is 66.5 Å². The van der Waals surface area contributed by atoms with Gasteiger partial charge < -0.3 is 4.74 Å². The molecule has 0 amide bonds. The van der Waals surface area contributed by atoms with Crippen LogP contribution in [0, 0.1) is 0 Å². The van der Waals surface area contributed by atoms with Crippen molar-refractivity contribution in [2.24, 2.45) is 0 Å². The third-order valence-electron chi connectivity index (χ3n) is 3.23. The van der Waals surface area contributed by atoms with Crippen molar-refractivity contribution in [2.75, 3.05) is 5.75 Å². The number of alkyl halides is 2. The van der Waals surface area contributed by atoms with Crippen molar-refractivity contribution in [3.63, 3.8) is 0 Å². The fraction of sp³-hybridized carbons (Fsp3) is 0.118. The normalized spacial score (nSPS) is 10.8. The lowest BCUT2D eigenvalue weighted by molar-refractivity contribution is -0.0498. The van der Waals surface area contributed by atoms with Gasteiger partial charge in [0.15, 0.2) is 5.78 Å². The molecule has 0 aliphatic heterocycles. The highest BCUT2D eigenvalue weighted by Gasteiger charge is 2.11. The SMILES string of the molecule is O=C(CSc1ncn(-c2ccccc2)n1)c1ccc(OC(F)F)cc1. The van der Waals surface area contributed by atoms with E-state index >= 15 is 0 Å². The van der Waals surface area contributed by atoms with E-state index in [0.29, 0.717) is 10.7 Å². The Labute approximate surface area is 146 Å². The molecule has 0 atom stereocenters. The van der Waals surface area contributed by atoms with Gasteiger partial charge in [-0.2, -0.15) is 8.78 Å². The van der Waals surface area contributed by atoms with Gasteiger partial charge in [-0.15, -0.1) is 5.10 Å². The summed E-state index contributed by atoms with van der Waals surface area (Å²) in [6.45, 7) is -2.89. The van der Waals surface area contributed by atoms with E-state index in [0.717, 1.165) is 5.69 Å². The van der Waals surface area contributed by atoms with E-state index in [9.17, 15) is 13.6 Å². The first-order chi connectivity index (χ1) is 12.1. The number of ketones is 1. The van der Waals surface area contributed by atoms with Gasteiger partial charge in [0, 0.05) is 5.56 Å². The molecule has 3 rings (SSSR count). The van der Waals surface area contributed by atoms with Gasteiger partial charge >= 0.3 is 6.61 Å². The van der Waals surface area contributed by atoms with Gasteiger partial charge in [0.2, 0.25) is 5.16 Å². The largest absolute Gasteiger partial charge is 0.435 e. The lowest BCUT2D eigenvalue weighted by Crippen LogP contribution is -2.04. The highest BCUT2D eigenvalue weighted by atomic mass is 32.2. The summed E-state index contributed by atoms with van der Waals surface area (Å²) < 4.78 is 30.1. The summed E-state index contributed by atoms with van der Waals surface area (Å²) in [7, 11) is 0. The lowest BCUT2D eigenvalue weighted by Gasteiger charge is -2.05. The number of nitrogens with zero attached hydrogens (tertiary/aromatic N) is 3. The maximum atomic E-state index is 12.2. The van der Waals surface area contributed by atoms with Crippen LogP contribution in [0.2, 0.25) is 0 Å². The number of carbonyl (C=O) groups excluding carboxylic acids is 1. The minimum Gasteiger partial charge on any atom is -0.435 e. The van der Waals surface area contributed by atoms with Gasteiger partial charge in [-0.05, 0) is 36.4 Å². The number of thioether (sulfide) groups is 1. The molecule has 0 aliphatic carbocycles. The van der Waals surface area contributed by atoms with E-state index in [1.807, 2.05) is 30.3 Å². The second-order valence-corrected chi connectivity index (χ2v) is 5.86. The number of rotatable bonds is 7. The summed E-state index contributed by atoms with van der Waals surface area (Å²) in [6.07, 6.45) is 1.58. The molecule has 0 saturated heterocycles. The number of halogens is 2. The molecule has 0 radical (unpaired) electrons. The number of ether oxygens (including phenoxy) is 1. The zero-order chi connectivity index (χ0) is 17.6. The van der Waals surface area contributed by atoms with E-state index in [2.05, 4.69) is 14.8 Å². The second-order valence-electron chi connectivity index (χ2n) is 4.92. The van der Waals surface area contributed by atoms with Gasteiger partial charge in [0.25, 0.3) is 0 Å². The average molecular weight is 361 g/mol. The summed E-state index contributed by atoms with van der Waals surface area (Å²) in [5, 5.41) is 4.79. The summed E-state index contributed by atoms with van der Waals surface area (Å²) in [5.74, 6) is 0.0144. The van der Waals surface area contributed by atoms with E-state index in [1.165, 1.54) is 36.0 Å². The van der Waals surface area contributed by atoms with Crippen LogP contribution in [0.4, 0.5) is 8.78 Å². The Morgan fingerprint density at radius 3 is 2.52 bits per heavy atom. The maximum absolute atomic E-state index is 12.2. The molecule has 128 valence electrons. The van der Waals surface area contributed by atoms with Gasteiger partial charge in [-0.3, -0.25) is 4.79 Å². The topological polar surface area (TPSA) is 57.0 Å². The minimum atomic E-state index is -2.89. The van der Waals surface area contributed by atoms with Gasteiger partial charge in [-0.25, -0.2) is 9.67 Å². The van der Waals surface area contributed by atoms with Crippen LogP contribution in [0.15, 0.2) is 66.1 Å².